The van der Waals surface area contributed by atoms with E-state index in [-0.39, 0.29) is 29.2 Å². The van der Waals surface area contributed by atoms with E-state index in [0.717, 1.165) is 0 Å². The fraction of sp³-hybridized carbons (Fsp3) is 0.400. The van der Waals surface area contributed by atoms with Gasteiger partial charge in [-0.1, -0.05) is 0 Å². The van der Waals surface area contributed by atoms with E-state index in [2.05, 4.69) is 10.3 Å². The Morgan fingerprint density at radius 2 is 2.35 bits per heavy atom. The van der Waals surface area contributed by atoms with Gasteiger partial charge in [-0.15, -0.1) is 0 Å². The second kappa shape index (κ2) is 4.35. The van der Waals surface area contributed by atoms with Gasteiger partial charge in [-0.2, -0.15) is 5.26 Å². The Morgan fingerprint density at radius 3 is 2.88 bits per heavy atom. The standard InChI is InChI=1S/C10H10N4O3/c11-4-6-1-9(14(16)17)10(12-5-6)13-7-2-8(15)3-7/h1,5,7-8,15H,2-3H2,(H,12,13). The van der Waals surface area contributed by atoms with Crippen molar-refractivity contribution in [3.8, 4) is 6.07 Å². The molecule has 88 valence electrons. The van der Waals surface area contributed by atoms with Gasteiger partial charge in [0.05, 0.1) is 16.6 Å². The summed E-state index contributed by atoms with van der Waals surface area (Å²) in [5.74, 6) is 0.144. The smallest absolute Gasteiger partial charge is 0.312 e. The Bertz CT molecular complexity index is 491. The topological polar surface area (TPSA) is 112 Å². The molecule has 2 N–H and O–H groups in total. The highest BCUT2D eigenvalue weighted by atomic mass is 16.6. The summed E-state index contributed by atoms with van der Waals surface area (Å²) in [6.07, 6.45) is 2.05. The largest absolute Gasteiger partial charge is 0.393 e. The van der Waals surface area contributed by atoms with Crippen molar-refractivity contribution in [1.82, 2.24) is 4.98 Å². The number of nitriles is 1. The molecule has 0 amide bonds. The molecule has 2 rings (SSSR count). The van der Waals surface area contributed by atoms with Crippen LogP contribution in [0.15, 0.2) is 12.3 Å². The van der Waals surface area contributed by atoms with Gasteiger partial charge in [-0.3, -0.25) is 10.1 Å². The van der Waals surface area contributed by atoms with Crippen LogP contribution in [-0.2, 0) is 0 Å². The number of aromatic nitrogens is 1. The molecule has 0 aliphatic heterocycles. The number of nitrogens with one attached hydrogen (secondary N) is 1. The van der Waals surface area contributed by atoms with Gasteiger partial charge in [0, 0.05) is 18.3 Å². The average molecular weight is 234 g/mol. The van der Waals surface area contributed by atoms with Gasteiger partial charge in [0.2, 0.25) is 5.82 Å². The molecule has 0 spiro atoms. The van der Waals surface area contributed by atoms with Crippen LogP contribution in [0.25, 0.3) is 0 Å². The molecular formula is C10H10N4O3. The van der Waals surface area contributed by atoms with E-state index < -0.39 is 4.92 Å². The van der Waals surface area contributed by atoms with Crippen molar-refractivity contribution in [2.75, 3.05) is 5.32 Å². The van der Waals surface area contributed by atoms with Gasteiger partial charge in [-0.05, 0) is 12.8 Å². The highest BCUT2D eigenvalue weighted by molar-refractivity contribution is 5.58. The van der Waals surface area contributed by atoms with Crippen LogP contribution in [-0.4, -0.2) is 27.2 Å². The third-order valence-electron chi connectivity index (χ3n) is 2.65. The summed E-state index contributed by atoms with van der Waals surface area (Å²) in [5, 5.41) is 31.5. The number of hydrogen-bond acceptors (Lipinski definition) is 6. The lowest BCUT2D eigenvalue weighted by molar-refractivity contribution is -0.384. The van der Waals surface area contributed by atoms with Crippen molar-refractivity contribution in [2.45, 2.75) is 25.0 Å². The van der Waals surface area contributed by atoms with Crippen LogP contribution in [0, 0.1) is 21.4 Å². The molecule has 17 heavy (non-hydrogen) atoms. The molecule has 1 saturated carbocycles. The zero-order valence-electron chi connectivity index (χ0n) is 8.83. The highest BCUT2D eigenvalue weighted by Crippen LogP contribution is 2.28. The minimum atomic E-state index is -0.578. The predicted molar refractivity (Wildman–Crippen MR) is 58.3 cm³/mol. The molecule has 1 aromatic heterocycles. The molecule has 0 unspecified atom stereocenters. The minimum absolute atomic E-state index is 0.00383. The van der Waals surface area contributed by atoms with Gasteiger partial charge in [0.25, 0.3) is 0 Å². The van der Waals surface area contributed by atoms with Crippen molar-refractivity contribution >= 4 is 11.5 Å². The van der Waals surface area contributed by atoms with E-state index in [0.29, 0.717) is 12.8 Å². The molecule has 1 heterocycles. The fourth-order valence-corrected chi connectivity index (χ4v) is 1.66. The second-order valence-corrected chi connectivity index (χ2v) is 3.93. The van der Waals surface area contributed by atoms with Crippen molar-refractivity contribution in [3.63, 3.8) is 0 Å². The van der Waals surface area contributed by atoms with Crippen molar-refractivity contribution in [3.05, 3.63) is 27.9 Å². The number of aliphatic hydroxyl groups excluding tert-OH is 1. The quantitative estimate of drug-likeness (QED) is 0.590. The summed E-state index contributed by atoms with van der Waals surface area (Å²) in [6, 6.07) is 2.99. The number of aliphatic hydroxyl groups is 1. The molecule has 1 fully saturated rings. The maximum absolute atomic E-state index is 10.8. The summed E-state index contributed by atoms with van der Waals surface area (Å²) in [4.78, 5) is 14.1. The molecule has 0 bridgehead atoms. The summed E-state index contributed by atoms with van der Waals surface area (Å²) >= 11 is 0. The first-order valence-electron chi connectivity index (χ1n) is 5.09. The first-order chi connectivity index (χ1) is 8.10. The van der Waals surface area contributed by atoms with E-state index in [9.17, 15) is 10.1 Å². The van der Waals surface area contributed by atoms with Gasteiger partial charge >= 0.3 is 5.69 Å². The molecule has 1 aliphatic carbocycles. The van der Waals surface area contributed by atoms with Crippen molar-refractivity contribution < 1.29 is 10.0 Å². The SMILES string of the molecule is N#Cc1cnc(NC2CC(O)C2)c([N+](=O)[O-])c1. The second-order valence-electron chi connectivity index (χ2n) is 3.93. The van der Waals surface area contributed by atoms with Crippen LogP contribution < -0.4 is 5.32 Å². The van der Waals surface area contributed by atoms with E-state index in [1.54, 1.807) is 6.07 Å². The number of hydrogen-bond donors (Lipinski definition) is 2. The molecule has 0 atom stereocenters. The molecular weight excluding hydrogens is 224 g/mol. The Morgan fingerprint density at radius 1 is 1.65 bits per heavy atom. The molecule has 1 aromatic rings. The molecule has 0 saturated heterocycles. The van der Waals surface area contributed by atoms with Crippen LogP contribution in [0.4, 0.5) is 11.5 Å². The van der Waals surface area contributed by atoms with Gasteiger partial charge in [0.1, 0.15) is 6.07 Å². The lowest BCUT2D eigenvalue weighted by Gasteiger charge is -2.32. The Hall–Kier alpha value is -2.20. The molecule has 0 radical (unpaired) electrons. The maximum atomic E-state index is 10.8. The summed E-state index contributed by atoms with van der Waals surface area (Å²) in [7, 11) is 0. The minimum Gasteiger partial charge on any atom is -0.393 e. The molecule has 0 aromatic carbocycles. The lowest BCUT2D eigenvalue weighted by Crippen LogP contribution is -2.39. The van der Waals surface area contributed by atoms with E-state index in [1.165, 1.54) is 12.3 Å². The third-order valence-corrected chi connectivity index (χ3v) is 2.65. The Balaban J connectivity index is 2.21. The van der Waals surface area contributed by atoms with Crippen LogP contribution in [0.1, 0.15) is 18.4 Å². The molecule has 7 heteroatoms. The van der Waals surface area contributed by atoms with Gasteiger partial charge in [-0.25, -0.2) is 4.98 Å². The van der Waals surface area contributed by atoms with Gasteiger partial charge < -0.3 is 10.4 Å². The molecule has 7 nitrogen and oxygen atoms in total. The van der Waals surface area contributed by atoms with Gasteiger partial charge in [0.15, 0.2) is 0 Å². The average Bonchev–Trinajstić information content (AvgIpc) is 2.27. The van der Waals surface area contributed by atoms with E-state index >= 15 is 0 Å². The normalized spacial score (nSPS) is 22.4. The fourth-order valence-electron chi connectivity index (χ4n) is 1.66. The van der Waals surface area contributed by atoms with Crippen molar-refractivity contribution in [1.29, 1.82) is 5.26 Å². The first-order valence-corrected chi connectivity index (χ1v) is 5.09. The van der Waals surface area contributed by atoms with E-state index in [4.69, 9.17) is 10.4 Å². The Kier molecular flexibility index (Phi) is 2.89. The number of pyridine rings is 1. The van der Waals surface area contributed by atoms with Crippen LogP contribution in [0.2, 0.25) is 0 Å². The highest BCUT2D eigenvalue weighted by Gasteiger charge is 2.29. The Labute approximate surface area is 96.9 Å². The number of nitrogens with zero attached hydrogens (tertiary/aromatic N) is 3. The monoisotopic (exact) mass is 234 g/mol. The van der Waals surface area contributed by atoms with Crippen LogP contribution >= 0.6 is 0 Å². The van der Waals surface area contributed by atoms with E-state index in [1.807, 2.05) is 0 Å². The zero-order chi connectivity index (χ0) is 12.4. The van der Waals surface area contributed by atoms with Crippen molar-refractivity contribution in [2.24, 2.45) is 0 Å². The predicted octanol–water partition coefficient (Wildman–Crippen LogP) is 0.797. The molecule has 1 aliphatic rings. The number of anilines is 1. The lowest BCUT2D eigenvalue weighted by atomic mass is 9.89. The third kappa shape index (κ3) is 2.32. The summed E-state index contributed by atoms with van der Waals surface area (Å²) in [6.45, 7) is 0. The summed E-state index contributed by atoms with van der Waals surface area (Å²) < 4.78 is 0. The number of nitro groups is 1. The maximum Gasteiger partial charge on any atom is 0.312 e. The number of rotatable bonds is 3. The first kappa shape index (κ1) is 11.3. The zero-order valence-corrected chi connectivity index (χ0v) is 8.83. The summed E-state index contributed by atoms with van der Waals surface area (Å²) in [5.41, 5.74) is -0.0682. The van der Waals surface area contributed by atoms with Crippen LogP contribution in [0.5, 0.6) is 0 Å². The van der Waals surface area contributed by atoms with Crippen LogP contribution in [0.3, 0.4) is 0 Å².